The summed E-state index contributed by atoms with van der Waals surface area (Å²) in [6, 6.07) is 15.5. The molecule has 2 aromatic carbocycles. The van der Waals surface area contributed by atoms with Crippen LogP contribution in [0.2, 0.25) is 0 Å². The number of likely N-dealkylation sites (tertiary alicyclic amines) is 2. The molecule has 2 aromatic rings. The Morgan fingerprint density at radius 1 is 0.857 bits per heavy atom. The summed E-state index contributed by atoms with van der Waals surface area (Å²) in [5.74, 6) is 1.03. The number of carboxylic acid groups (broad SMARTS) is 1. The van der Waals surface area contributed by atoms with Gasteiger partial charge >= 0.3 is 6.09 Å². The Labute approximate surface area is 209 Å². The van der Waals surface area contributed by atoms with Crippen molar-refractivity contribution in [3.05, 3.63) is 70.8 Å². The Hall–Kier alpha value is -2.86. The standard InChI is InChI=1S/C24H29N3O3.C5H10/c1-16-7-6-8-17(2)22(16)23(28)27-13-19-11-26(12-20(19)14-27)15-21(25-24(29)30)18-9-4-3-5-10-18;1-2-4-5-3-1/h3-10,19-21,25H,11-15H2,1-2H3,(H,29,30);1-5H2/t19-,20?,21?;/m1./s1. The van der Waals surface area contributed by atoms with Gasteiger partial charge in [-0.05, 0) is 42.4 Å². The number of nitrogens with zero attached hydrogens (tertiary/aromatic N) is 2. The van der Waals surface area contributed by atoms with Crippen LogP contribution in [-0.2, 0) is 0 Å². The highest BCUT2D eigenvalue weighted by Crippen LogP contribution is 2.33. The molecule has 6 heteroatoms. The topological polar surface area (TPSA) is 72.9 Å². The number of hydrogen-bond acceptors (Lipinski definition) is 3. The van der Waals surface area contributed by atoms with Crippen LogP contribution in [0.25, 0.3) is 0 Å². The molecule has 2 heterocycles. The maximum absolute atomic E-state index is 13.1. The lowest BCUT2D eigenvalue weighted by atomic mass is 10.0. The summed E-state index contributed by atoms with van der Waals surface area (Å²) in [4.78, 5) is 28.8. The third-order valence-corrected chi connectivity index (χ3v) is 7.73. The fourth-order valence-electron chi connectivity index (χ4n) is 5.93. The van der Waals surface area contributed by atoms with Crippen molar-refractivity contribution < 1.29 is 14.7 Å². The summed E-state index contributed by atoms with van der Waals surface area (Å²) in [6.07, 6.45) is 6.49. The fourth-order valence-corrected chi connectivity index (χ4v) is 5.93. The minimum Gasteiger partial charge on any atom is -0.465 e. The van der Waals surface area contributed by atoms with Gasteiger partial charge in [0, 0.05) is 38.3 Å². The van der Waals surface area contributed by atoms with Crippen molar-refractivity contribution >= 4 is 12.0 Å². The van der Waals surface area contributed by atoms with Gasteiger partial charge in [-0.25, -0.2) is 4.79 Å². The van der Waals surface area contributed by atoms with Gasteiger partial charge in [-0.1, -0.05) is 80.6 Å². The molecule has 3 atom stereocenters. The van der Waals surface area contributed by atoms with Crippen LogP contribution in [-0.4, -0.2) is 59.6 Å². The average Bonchev–Trinajstić information content (AvgIpc) is 3.58. The number of benzene rings is 2. The van der Waals surface area contributed by atoms with Gasteiger partial charge in [-0.2, -0.15) is 0 Å². The second kappa shape index (κ2) is 11.7. The Balaban J connectivity index is 0.000000514. The zero-order chi connectivity index (χ0) is 24.8. The minimum absolute atomic E-state index is 0.140. The predicted molar refractivity (Wildman–Crippen MR) is 139 cm³/mol. The molecule has 0 spiro atoms. The third-order valence-electron chi connectivity index (χ3n) is 7.73. The number of hydrogen-bond donors (Lipinski definition) is 2. The van der Waals surface area contributed by atoms with E-state index in [4.69, 9.17) is 0 Å². The minimum atomic E-state index is -1.01. The van der Waals surface area contributed by atoms with Gasteiger partial charge in [-0.15, -0.1) is 0 Å². The Morgan fingerprint density at radius 2 is 1.40 bits per heavy atom. The third kappa shape index (κ3) is 6.43. The summed E-state index contributed by atoms with van der Waals surface area (Å²) < 4.78 is 0. The first-order chi connectivity index (χ1) is 16.9. The van der Waals surface area contributed by atoms with Crippen LogP contribution in [0.4, 0.5) is 4.79 Å². The number of carbonyl (C=O) groups excluding carboxylic acids is 1. The summed E-state index contributed by atoms with van der Waals surface area (Å²) in [6.45, 7) is 7.98. The van der Waals surface area contributed by atoms with Crippen molar-refractivity contribution in [1.29, 1.82) is 0 Å². The van der Waals surface area contributed by atoms with Crippen LogP contribution >= 0.6 is 0 Å². The van der Waals surface area contributed by atoms with Crippen LogP contribution in [0.3, 0.4) is 0 Å². The fraction of sp³-hybridized carbons (Fsp3) is 0.517. The molecule has 2 N–H and O–H groups in total. The molecule has 5 rings (SSSR count). The molecule has 2 aliphatic heterocycles. The Kier molecular flexibility index (Phi) is 8.45. The van der Waals surface area contributed by atoms with E-state index < -0.39 is 6.09 Å². The number of rotatable bonds is 5. The molecule has 1 aliphatic carbocycles. The largest absolute Gasteiger partial charge is 0.465 e. The van der Waals surface area contributed by atoms with Crippen molar-refractivity contribution in [1.82, 2.24) is 15.1 Å². The first-order valence-corrected chi connectivity index (χ1v) is 13.0. The lowest BCUT2D eigenvalue weighted by molar-refractivity contribution is 0.0771. The Bertz CT molecular complexity index is 964. The molecular weight excluding hydrogens is 438 g/mol. The Morgan fingerprint density at radius 3 is 1.91 bits per heavy atom. The van der Waals surface area contributed by atoms with Crippen LogP contribution in [0.5, 0.6) is 0 Å². The first-order valence-electron chi connectivity index (χ1n) is 13.0. The summed E-state index contributed by atoms with van der Waals surface area (Å²) in [7, 11) is 0. The van der Waals surface area contributed by atoms with Crippen molar-refractivity contribution in [3.8, 4) is 0 Å². The summed E-state index contributed by atoms with van der Waals surface area (Å²) >= 11 is 0. The molecule has 3 fully saturated rings. The zero-order valence-corrected chi connectivity index (χ0v) is 21.1. The maximum atomic E-state index is 13.1. The highest BCUT2D eigenvalue weighted by molar-refractivity contribution is 5.97. The van der Waals surface area contributed by atoms with Gasteiger partial charge < -0.3 is 20.2 Å². The molecule has 3 aliphatic rings. The highest BCUT2D eigenvalue weighted by atomic mass is 16.4. The average molecular weight is 478 g/mol. The first kappa shape index (κ1) is 25.2. The summed E-state index contributed by atoms with van der Waals surface area (Å²) in [5, 5.41) is 11.9. The summed E-state index contributed by atoms with van der Waals surface area (Å²) in [5.41, 5.74) is 3.88. The number of fused-ring (bicyclic) bond motifs is 1. The van der Waals surface area contributed by atoms with Gasteiger partial charge in [0.25, 0.3) is 5.91 Å². The molecule has 0 bridgehead atoms. The van der Waals surface area contributed by atoms with Gasteiger partial charge in [0.2, 0.25) is 0 Å². The van der Waals surface area contributed by atoms with Gasteiger partial charge in [-0.3, -0.25) is 4.79 Å². The van der Waals surface area contributed by atoms with Crippen LogP contribution in [0.1, 0.15) is 65.2 Å². The molecule has 188 valence electrons. The SMILES string of the molecule is C1CCCC1.Cc1cccc(C)c1C(=O)N1CC2CN(CC(NC(=O)O)c3ccccc3)C[C@@H]2C1. The van der Waals surface area contributed by atoms with Gasteiger partial charge in [0.15, 0.2) is 0 Å². The van der Waals surface area contributed by atoms with E-state index in [1.54, 1.807) is 0 Å². The molecule has 2 unspecified atom stereocenters. The predicted octanol–water partition coefficient (Wildman–Crippen LogP) is 5.27. The second-order valence-electron chi connectivity index (χ2n) is 10.4. The van der Waals surface area contributed by atoms with Crippen molar-refractivity contribution in [3.63, 3.8) is 0 Å². The number of amides is 2. The van der Waals surface area contributed by atoms with Crippen LogP contribution in [0, 0.1) is 25.7 Å². The normalized spacial score (nSPS) is 22.3. The molecule has 1 saturated carbocycles. The lowest BCUT2D eigenvalue weighted by Crippen LogP contribution is -2.39. The molecular formula is C29H39N3O3. The molecule has 2 amide bonds. The van der Waals surface area contributed by atoms with E-state index in [9.17, 15) is 14.7 Å². The van der Waals surface area contributed by atoms with Crippen molar-refractivity contribution in [2.75, 3.05) is 32.7 Å². The van der Waals surface area contributed by atoms with Gasteiger partial charge in [0.05, 0.1) is 6.04 Å². The van der Waals surface area contributed by atoms with E-state index in [-0.39, 0.29) is 11.9 Å². The smallest absolute Gasteiger partial charge is 0.405 e. The molecule has 6 nitrogen and oxygen atoms in total. The van der Waals surface area contributed by atoms with Gasteiger partial charge in [0.1, 0.15) is 0 Å². The maximum Gasteiger partial charge on any atom is 0.405 e. The van der Waals surface area contributed by atoms with E-state index >= 15 is 0 Å². The molecule has 35 heavy (non-hydrogen) atoms. The monoisotopic (exact) mass is 477 g/mol. The van der Waals surface area contributed by atoms with Crippen molar-refractivity contribution in [2.45, 2.75) is 52.0 Å². The molecule has 0 radical (unpaired) electrons. The van der Waals surface area contributed by atoms with Crippen LogP contribution in [0.15, 0.2) is 48.5 Å². The van der Waals surface area contributed by atoms with E-state index in [0.717, 1.165) is 48.4 Å². The zero-order valence-electron chi connectivity index (χ0n) is 21.1. The van der Waals surface area contributed by atoms with E-state index in [1.807, 2.05) is 67.3 Å². The van der Waals surface area contributed by atoms with E-state index in [1.165, 1.54) is 32.1 Å². The molecule has 2 saturated heterocycles. The van der Waals surface area contributed by atoms with E-state index in [0.29, 0.717) is 18.4 Å². The second-order valence-corrected chi connectivity index (χ2v) is 10.4. The number of carbonyl (C=O) groups is 2. The van der Waals surface area contributed by atoms with E-state index in [2.05, 4.69) is 10.2 Å². The van der Waals surface area contributed by atoms with Crippen LogP contribution < -0.4 is 5.32 Å². The lowest BCUT2D eigenvalue weighted by Gasteiger charge is -2.26. The number of aryl methyl sites for hydroxylation is 2. The van der Waals surface area contributed by atoms with Crippen molar-refractivity contribution in [2.24, 2.45) is 11.8 Å². The highest BCUT2D eigenvalue weighted by Gasteiger charge is 2.42. The quantitative estimate of drug-likeness (QED) is 0.616. The molecule has 0 aromatic heterocycles. The number of nitrogens with one attached hydrogen (secondary N) is 1.